The number of carbonyl (C=O) groups is 1. The minimum Gasteiger partial charge on any atom is -0.490 e. The summed E-state index contributed by atoms with van der Waals surface area (Å²) >= 11 is 0. The number of rotatable bonds is 12. The van der Waals surface area contributed by atoms with Gasteiger partial charge in [-0.25, -0.2) is 9.37 Å². The van der Waals surface area contributed by atoms with Gasteiger partial charge in [-0.2, -0.15) is 13.2 Å². The number of amides is 1. The van der Waals surface area contributed by atoms with Gasteiger partial charge in [0.1, 0.15) is 36.3 Å². The van der Waals surface area contributed by atoms with Crippen LogP contribution in [0.15, 0.2) is 36.8 Å². The summed E-state index contributed by atoms with van der Waals surface area (Å²) in [7, 11) is 0. The molecule has 282 valence electrons. The lowest BCUT2D eigenvalue weighted by Crippen LogP contribution is -2.43. The number of hydrogen-bond acceptors (Lipinski definition) is 11. The minimum absolute atomic E-state index is 0.0538. The predicted molar refractivity (Wildman–Crippen MR) is 184 cm³/mol. The molecule has 0 unspecified atom stereocenters. The van der Waals surface area contributed by atoms with E-state index in [1.165, 1.54) is 26.2 Å². The molecule has 5 heterocycles. The van der Waals surface area contributed by atoms with Gasteiger partial charge in [-0.15, -0.1) is 10.2 Å². The summed E-state index contributed by atoms with van der Waals surface area (Å²) in [4.78, 5) is 29.9. The molecule has 0 aliphatic carbocycles. The number of pyridine rings is 1. The van der Waals surface area contributed by atoms with Crippen molar-refractivity contribution >= 4 is 11.7 Å². The molecule has 6 rings (SSSR count). The van der Waals surface area contributed by atoms with Crippen molar-refractivity contribution in [2.24, 2.45) is 0 Å². The Labute approximate surface area is 301 Å². The molecular weight excluding hydrogens is 684 g/mol. The summed E-state index contributed by atoms with van der Waals surface area (Å²) in [6.45, 7) is 10.1. The summed E-state index contributed by atoms with van der Waals surface area (Å²) in [5, 5.41) is 7.91. The van der Waals surface area contributed by atoms with Crippen LogP contribution >= 0.6 is 0 Å². The van der Waals surface area contributed by atoms with Crippen LogP contribution in [0.25, 0.3) is 0 Å². The number of ether oxygens (including phenoxy) is 3. The molecule has 0 saturated carbocycles. The van der Waals surface area contributed by atoms with Crippen LogP contribution in [0.5, 0.6) is 17.4 Å². The van der Waals surface area contributed by atoms with Crippen molar-refractivity contribution in [1.82, 2.24) is 34.9 Å². The number of nitrogens with zero attached hydrogens (tertiary/aromatic N) is 8. The van der Waals surface area contributed by atoms with Crippen molar-refractivity contribution in [2.45, 2.75) is 70.8 Å². The molecule has 2 aromatic heterocycles. The lowest BCUT2D eigenvalue weighted by Gasteiger charge is -2.34. The van der Waals surface area contributed by atoms with Crippen molar-refractivity contribution in [1.29, 1.82) is 0 Å². The molecule has 0 radical (unpaired) electrons. The second kappa shape index (κ2) is 17.1. The van der Waals surface area contributed by atoms with Gasteiger partial charge in [-0.3, -0.25) is 14.7 Å². The Bertz CT molecular complexity index is 1650. The standard InChI is InChI=1S/C36H46F4N8O4/c1-25(2)48(23-36(38,39)40)35(49)28-21-26(37)5-6-31(28)52-34-33(42-24-43-44-34)47-16-8-27(9-17-47)51-32-7-11-41-30-10-15-46(22-29(30)32)13-3-12-45-14-4-19-50-20-18-45/h5-7,11,21,24-25,27H,3-4,8-10,12-20,22-23H2,1-2H3. The number of alkyl halides is 3. The Balaban J connectivity index is 1.08. The summed E-state index contributed by atoms with van der Waals surface area (Å²) in [6.07, 6.45) is 2.78. The normalized spacial score (nSPS) is 17.9. The molecule has 0 bridgehead atoms. The zero-order chi connectivity index (χ0) is 36.7. The van der Waals surface area contributed by atoms with Gasteiger partial charge in [-0.05, 0) is 64.0 Å². The van der Waals surface area contributed by atoms with E-state index in [2.05, 4.69) is 30.0 Å². The summed E-state index contributed by atoms with van der Waals surface area (Å²) in [6, 6.07) is 4.25. The largest absolute Gasteiger partial charge is 0.490 e. The molecule has 16 heteroatoms. The maximum atomic E-state index is 14.3. The van der Waals surface area contributed by atoms with Crippen LogP contribution in [-0.2, 0) is 17.7 Å². The third kappa shape index (κ3) is 9.83. The van der Waals surface area contributed by atoms with Gasteiger partial charge in [0.15, 0.2) is 5.82 Å². The second-order valence-corrected chi connectivity index (χ2v) is 13.7. The molecule has 1 amide bonds. The number of halogens is 4. The average molecular weight is 731 g/mol. The van der Waals surface area contributed by atoms with Crippen LogP contribution < -0.4 is 14.4 Å². The molecule has 0 spiro atoms. The first kappa shape index (κ1) is 37.6. The first-order chi connectivity index (χ1) is 25.0. The number of hydrogen-bond donors (Lipinski definition) is 0. The highest BCUT2D eigenvalue weighted by Gasteiger charge is 2.36. The van der Waals surface area contributed by atoms with Gasteiger partial charge in [0, 0.05) is 88.6 Å². The summed E-state index contributed by atoms with van der Waals surface area (Å²) in [5.41, 5.74) is 1.86. The number of aromatic nitrogens is 4. The van der Waals surface area contributed by atoms with E-state index in [0.29, 0.717) is 36.6 Å². The Morgan fingerprint density at radius 2 is 1.83 bits per heavy atom. The van der Waals surface area contributed by atoms with Crippen molar-refractivity contribution in [3.05, 3.63) is 59.4 Å². The van der Waals surface area contributed by atoms with Crippen LogP contribution in [0.4, 0.5) is 23.4 Å². The minimum atomic E-state index is -4.65. The Kier molecular flexibility index (Phi) is 12.4. The molecule has 2 saturated heterocycles. The van der Waals surface area contributed by atoms with E-state index >= 15 is 0 Å². The number of fused-ring (bicyclic) bond motifs is 1. The maximum Gasteiger partial charge on any atom is 0.406 e. The molecule has 52 heavy (non-hydrogen) atoms. The van der Waals surface area contributed by atoms with E-state index in [-0.39, 0.29) is 23.3 Å². The zero-order valence-electron chi connectivity index (χ0n) is 29.7. The maximum absolute atomic E-state index is 14.3. The van der Waals surface area contributed by atoms with Crippen LogP contribution in [0.2, 0.25) is 0 Å². The fraction of sp³-hybridized carbons (Fsp3) is 0.583. The number of benzene rings is 1. The van der Waals surface area contributed by atoms with Crippen LogP contribution in [0.3, 0.4) is 0 Å². The fourth-order valence-electron chi connectivity index (χ4n) is 6.91. The first-order valence-corrected chi connectivity index (χ1v) is 18.0. The highest BCUT2D eigenvalue weighted by Crippen LogP contribution is 2.34. The highest BCUT2D eigenvalue weighted by molar-refractivity contribution is 5.97. The molecule has 3 aliphatic heterocycles. The van der Waals surface area contributed by atoms with Gasteiger partial charge in [0.2, 0.25) is 0 Å². The number of piperidine rings is 1. The molecule has 12 nitrogen and oxygen atoms in total. The van der Waals surface area contributed by atoms with Crippen molar-refractivity contribution in [3.63, 3.8) is 0 Å². The van der Waals surface area contributed by atoms with Crippen molar-refractivity contribution < 1.29 is 36.6 Å². The lowest BCUT2D eigenvalue weighted by molar-refractivity contribution is -0.143. The van der Waals surface area contributed by atoms with Gasteiger partial charge in [0.25, 0.3) is 11.8 Å². The molecule has 1 aromatic carbocycles. The number of carbonyl (C=O) groups excluding carboxylic acids is 1. The molecule has 0 atom stereocenters. The first-order valence-electron chi connectivity index (χ1n) is 18.0. The Morgan fingerprint density at radius 3 is 2.62 bits per heavy atom. The van der Waals surface area contributed by atoms with Crippen molar-refractivity contribution in [2.75, 3.05) is 70.5 Å². The van der Waals surface area contributed by atoms with E-state index in [9.17, 15) is 22.4 Å². The molecule has 3 aliphatic rings. The monoisotopic (exact) mass is 730 g/mol. The lowest BCUT2D eigenvalue weighted by atomic mass is 10.0. The predicted octanol–water partition coefficient (Wildman–Crippen LogP) is 5.13. The molecular formula is C36H46F4N8O4. The Morgan fingerprint density at radius 1 is 1.02 bits per heavy atom. The van der Waals surface area contributed by atoms with Crippen LogP contribution in [0, 0.1) is 5.82 Å². The van der Waals surface area contributed by atoms with Gasteiger partial charge in [-0.1, -0.05) is 0 Å². The van der Waals surface area contributed by atoms with Crippen molar-refractivity contribution in [3.8, 4) is 17.4 Å². The van der Waals surface area contributed by atoms with E-state index in [4.69, 9.17) is 14.2 Å². The van der Waals surface area contributed by atoms with Gasteiger partial charge >= 0.3 is 6.18 Å². The molecule has 3 aromatic rings. The topological polar surface area (TPSA) is 109 Å². The average Bonchev–Trinajstić information content (AvgIpc) is 3.40. The zero-order valence-corrected chi connectivity index (χ0v) is 29.7. The Hall–Kier alpha value is -4.15. The highest BCUT2D eigenvalue weighted by atomic mass is 19.4. The van der Waals surface area contributed by atoms with Crippen LogP contribution in [0.1, 0.15) is 61.1 Å². The van der Waals surface area contributed by atoms with E-state index in [1.54, 1.807) is 0 Å². The third-order valence-electron chi connectivity index (χ3n) is 9.63. The summed E-state index contributed by atoms with van der Waals surface area (Å²) < 4.78 is 72.5. The quantitative estimate of drug-likeness (QED) is 0.232. The van der Waals surface area contributed by atoms with E-state index in [1.807, 2.05) is 17.2 Å². The fourth-order valence-corrected chi connectivity index (χ4v) is 6.91. The van der Waals surface area contributed by atoms with Gasteiger partial charge in [0.05, 0.1) is 12.2 Å². The number of anilines is 1. The summed E-state index contributed by atoms with van der Waals surface area (Å²) in [5.74, 6) is -0.830. The third-order valence-corrected chi connectivity index (χ3v) is 9.63. The molecule has 2 fully saturated rings. The SMILES string of the molecule is CC(C)N(CC(F)(F)F)C(=O)c1cc(F)ccc1Oc1nncnc1N1CCC(Oc2ccnc3c2CN(CCCN2CCCOCC2)CC3)CC1. The molecule has 0 N–H and O–H groups in total. The van der Waals surface area contributed by atoms with E-state index in [0.717, 1.165) is 101 Å². The van der Waals surface area contributed by atoms with Gasteiger partial charge < -0.3 is 28.9 Å². The second-order valence-electron chi connectivity index (χ2n) is 13.7. The van der Waals surface area contributed by atoms with E-state index < -0.39 is 30.5 Å². The van der Waals surface area contributed by atoms with Crippen LogP contribution in [-0.4, -0.2) is 125 Å². The smallest absolute Gasteiger partial charge is 0.406 e.